The fourth-order valence-electron chi connectivity index (χ4n) is 4.96. The van der Waals surface area contributed by atoms with Crippen molar-refractivity contribution in [3.63, 3.8) is 0 Å². The quantitative estimate of drug-likeness (QED) is 0.347. The van der Waals surface area contributed by atoms with Gasteiger partial charge >= 0.3 is 0 Å². The Balaban J connectivity index is 0.00000149. The van der Waals surface area contributed by atoms with E-state index >= 15 is 0 Å². The third-order valence-electron chi connectivity index (χ3n) is 6.75. The van der Waals surface area contributed by atoms with Crippen molar-refractivity contribution in [2.45, 2.75) is 97.2 Å². The molecule has 4 rings (SSSR count). The fourth-order valence-corrected chi connectivity index (χ4v) is 6.61. The van der Waals surface area contributed by atoms with Crippen LogP contribution in [-0.2, 0) is 11.3 Å². The zero-order valence-corrected chi connectivity index (χ0v) is 22.5. The molecule has 0 bridgehead atoms. The smallest absolute Gasteiger partial charge is 0.271 e. The molecule has 7 heteroatoms. The molecule has 2 aromatic rings. The molecule has 0 radical (unpaired) electrons. The zero-order chi connectivity index (χ0) is 23.8. The van der Waals surface area contributed by atoms with Crippen molar-refractivity contribution in [1.82, 2.24) is 14.8 Å². The van der Waals surface area contributed by atoms with Crippen LogP contribution in [0.15, 0.2) is 17.5 Å². The van der Waals surface area contributed by atoms with Crippen LogP contribution in [0.5, 0.6) is 0 Å². The van der Waals surface area contributed by atoms with Crippen LogP contribution in [0.1, 0.15) is 89.5 Å². The molecule has 1 aliphatic heterocycles. The Labute approximate surface area is 207 Å². The van der Waals surface area contributed by atoms with Crippen molar-refractivity contribution in [2.75, 3.05) is 18.1 Å². The van der Waals surface area contributed by atoms with Gasteiger partial charge in [0.1, 0.15) is 11.2 Å². The zero-order valence-electron chi connectivity index (χ0n) is 20.8. The summed E-state index contributed by atoms with van der Waals surface area (Å²) < 4.78 is 3.19. The summed E-state index contributed by atoms with van der Waals surface area (Å²) in [5.41, 5.74) is 0.933. The van der Waals surface area contributed by atoms with Crippen LogP contribution in [-0.4, -0.2) is 50.9 Å². The third kappa shape index (κ3) is 5.79. The number of nitrogens with one attached hydrogen (secondary N) is 1. The van der Waals surface area contributed by atoms with Crippen molar-refractivity contribution in [3.8, 4) is 0 Å². The van der Waals surface area contributed by atoms with Crippen molar-refractivity contribution in [2.24, 2.45) is 0 Å². The standard InChI is InChI=1S/C24H35N3O2S2.C2H6/c1-3-13-30-14-8-12-27-22(28)20-16-21-19(11-15-31-21)26(20)17-24(27,2)23(29)25-18-9-6-4-5-7-10-18;1-2/h11,15-16,18H,3-10,12-14,17H2,1-2H3,(H,25,29);1-2H3. The van der Waals surface area contributed by atoms with Gasteiger partial charge in [-0.15, -0.1) is 11.3 Å². The first kappa shape index (κ1) is 26.1. The summed E-state index contributed by atoms with van der Waals surface area (Å²) in [5, 5.41) is 5.40. The lowest BCUT2D eigenvalue weighted by molar-refractivity contribution is -0.133. The molecular weight excluding hydrogens is 450 g/mol. The predicted octanol–water partition coefficient (Wildman–Crippen LogP) is 6.32. The lowest BCUT2D eigenvalue weighted by Gasteiger charge is -2.44. The van der Waals surface area contributed by atoms with Crippen LogP contribution in [0.3, 0.4) is 0 Å². The van der Waals surface area contributed by atoms with Gasteiger partial charge in [-0.25, -0.2) is 0 Å². The van der Waals surface area contributed by atoms with Crippen LogP contribution in [0.4, 0.5) is 0 Å². The number of amides is 2. The highest BCUT2D eigenvalue weighted by molar-refractivity contribution is 7.99. The number of rotatable bonds is 8. The van der Waals surface area contributed by atoms with E-state index in [2.05, 4.69) is 28.3 Å². The van der Waals surface area contributed by atoms with Gasteiger partial charge in [0.05, 0.1) is 16.8 Å². The lowest BCUT2D eigenvalue weighted by Crippen LogP contribution is -2.65. The molecule has 2 amide bonds. The Hall–Kier alpha value is -1.47. The largest absolute Gasteiger partial charge is 0.351 e. The molecule has 2 aromatic heterocycles. The molecule has 1 aliphatic carbocycles. The van der Waals surface area contributed by atoms with Crippen molar-refractivity contribution < 1.29 is 9.59 Å². The minimum atomic E-state index is -0.861. The number of nitrogens with zero attached hydrogens (tertiary/aromatic N) is 2. The molecule has 184 valence electrons. The van der Waals surface area contributed by atoms with Gasteiger partial charge < -0.3 is 14.8 Å². The molecule has 3 heterocycles. The summed E-state index contributed by atoms with van der Waals surface area (Å²) in [6.45, 7) is 9.31. The predicted molar refractivity (Wildman–Crippen MR) is 142 cm³/mol. The Bertz CT molecular complexity index is 914. The van der Waals surface area contributed by atoms with Crippen LogP contribution in [0.2, 0.25) is 0 Å². The lowest BCUT2D eigenvalue weighted by atomic mass is 9.93. The van der Waals surface area contributed by atoms with Crippen molar-refractivity contribution in [1.29, 1.82) is 0 Å². The first-order chi connectivity index (χ1) is 16.0. The summed E-state index contributed by atoms with van der Waals surface area (Å²) >= 11 is 3.59. The van der Waals surface area contributed by atoms with Gasteiger partial charge in [-0.05, 0) is 61.6 Å². The number of aromatic nitrogens is 1. The minimum absolute atomic E-state index is 0.00587. The summed E-state index contributed by atoms with van der Waals surface area (Å²) in [4.78, 5) is 29.1. The van der Waals surface area contributed by atoms with Gasteiger partial charge in [0, 0.05) is 12.6 Å². The van der Waals surface area contributed by atoms with E-state index in [1.165, 1.54) is 32.1 Å². The van der Waals surface area contributed by atoms with E-state index in [0.29, 0.717) is 13.1 Å². The number of thiophene rings is 1. The Morgan fingerprint density at radius 3 is 2.64 bits per heavy atom. The second-order valence-electron chi connectivity index (χ2n) is 9.14. The van der Waals surface area contributed by atoms with Crippen LogP contribution < -0.4 is 5.32 Å². The number of hydrogen-bond acceptors (Lipinski definition) is 4. The molecule has 0 saturated heterocycles. The third-order valence-corrected chi connectivity index (χ3v) is 8.87. The molecule has 0 spiro atoms. The number of thioether (sulfide) groups is 1. The highest BCUT2D eigenvalue weighted by Gasteiger charge is 2.47. The topological polar surface area (TPSA) is 54.3 Å². The molecule has 1 unspecified atom stereocenters. The van der Waals surface area contributed by atoms with Crippen LogP contribution >= 0.6 is 23.1 Å². The summed E-state index contributed by atoms with van der Waals surface area (Å²) in [5.74, 6) is 2.17. The maximum atomic E-state index is 13.7. The molecule has 1 fully saturated rings. The molecule has 1 saturated carbocycles. The van der Waals surface area contributed by atoms with Crippen LogP contribution in [0.25, 0.3) is 10.2 Å². The summed E-state index contributed by atoms with van der Waals surface area (Å²) in [6, 6.07) is 4.30. The van der Waals surface area contributed by atoms with E-state index in [4.69, 9.17) is 0 Å². The number of carbonyl (C=O) groups excluding carboxylic acids is 2. The minimum Gasteiger partial charge on any atom is -0.351 e. The number of fused-ring (bicyclic) bond motifs is 3. The Morgan fingerprint density at radius 2 is 1.94 bits per heavy atom. The second kappa shape index (κ2) is 12.3. The van der Waals surface area contributed by atoms with Gasteiger partial charge in [-0.2, -0.15) is 11.8 Å². The summed E-state index contributed by atoms with van der Waals surface area (Å²) in [7, 11) is 0. The number of hydrogen-bond donors (Lipinski definition) is 1. The normalized spacial score (nSPS) is 21.3. The van der Waals surface area contributed by atoms with Gasteiger partial charge in [0.25, 0.3) is 5.91 Å². The fraction of sp³-hybridized carbons (Fsp3) is 0.692. The van der Waals surface area contributed by atoms with E-state index in [1.54, 1.807) is 11.3 Å². The molecule has 1 atom stereocenters. The van der Waals surface area contributed by atoms with E-state index in [0.717, 1.165) is 46.7 Å². The highest BCUT2D eigenvalue weighted by atomic mass is 32.2. The molecular formula is C26H41N3O2S2. The van der Waals surface area contributed by atoms with Crippen molar-refractivity contribution >= 4 is 45.1 Å². The van der Waals surface area contributed by atoms with Crippen LogP contribution in [0, 0.1) is 0 Å². The molecule has 0 aromatic carbocycles. The molecule has 1 N–H and O–H groups in total. The Kier molecular flexibility index (Phi) is 9.74. The molecule has 33 heavy (non-hydrogen) atoms. The van der Waals surface area contributed by atoms with Gasteiger partial charge in [-0.1, -0.05) is 46.5 Å². The first-order valence-electron chi connectivity index (χ1n) is 12.8. The van der Waals surface area contributed by atoms with Gasteiger partial charge in [-0.3, -0.25) is 9.59 Å². The van der Waals surface area contributed by atoms with Gasteiger partial charge in [0.15, 0.2) is 0 Å². The number of carbonyl (C=O) groups is 2. The SMILES string of the molecule is CC.CCCSCCCN1C(=O)c2cc3sccc3n2CC1(C)C(=O)NC1CCCCCC1. The van der Waals surface area contributed by atoms with E-state index in [1.807, 2.05) is 43.5 Å². The van der Waals surface area contributed by atoms with Crippen molar-refractivity contribution in [3.05, 3.63) is 23.2 Å². The highest BCUT2D eigenvalue weighted by Crippen LogP contribution is 2.35. The maximum Gasteiger partial charge on any atom is 0.271 e. The van der Waals surface area contributed by atoms with E-state index in [-0.39, 0.29) is 17.9 Å². The van der Waals surface area contributed by atoms with Gasteiger partial charge in [0.2, 0.25) is 5.91 Å². The average Bonchev–Trinajstić information content (AvgIpc) is 3.31. The Morgan fingerprint density at radius 1 is 1.21 bits per heavy atom. The maximum absolute atomic E-state index is 13.7. The van der Waals surface area contributed by atoms with E-state index in [9.17, 15) is 9.59 Å². The summed E-state index contributed by atoms with van der Waals surface area (Å²) in [6.07, 6.45) is 9.04. The molecule has 5 nitrogen and oxygen atoms in total. The van der Waals surface area contributed by atoms with E-state index < -0.39 is 5.54 Å². The monoisotopic (exact) mass is 491 g/mol. The molecule has 2 aliphatic rings. The first-order valence-corrected chi connectivity index (χ1v) is 14.9. The average molecular weight is 492 g/mol. The second-order valence-corrected chi connectivity index (χ2v) is 11.3.